The number of benzene rings is 2. The van der Waals surface area contributed by atoms with E-state index < -0.39 is 11.5 Å². The zero-order valence-electron chi connectivity index (χ0n) is 25.3. The first-order valence-electron chi connectivity index (χ1n) is 15.6. The van der Waals surface area contributed by atoms with Crippen LogP contribution in [0.25, 0.3) is 11.3 Å². The Morgan fingerprint density at radius 2 is 1.63 bits per heavy atom. The van der Waals surface area contributed by atoms with E-state index in [0.29, 0.717) is 24.0 Å². The maximum atomic E-state index is 12.6. The molecule has 6 rings (SSSR count). The molecule has 2 unspecified atom stereocenters. The van der Waals surface area contributed by atoms with Crippen LogP contribution in [0, 0.1) is 0 Å². The first-order chi connectivity index (χ1) is 20.8. The summed E-state index contributed by atoms with van der Waals surface area (Å²) in [4.78, 5) is 29.7. The number of amides is 1. The van der Waals surface area contributed by atoms with Gasteiger partial charge in [0.25, 0.3) is 5.91 Å². The molecular weight excluding hydrogens is 540 g/mol. The highest BCUT2D eigenvalue weighted by atomic mass is 16.3. The minimum absolute atomic E-state index is 0.0673. The van der Waals surface area contributed by atoms with E-state index in [4.69, 9.17) is 15.7 Å². The molecule has 3 heterocycles. The van der Waals surface area contributed by atoms with E-state index in [1.807, 2.05) is 49.4 Å². The minimum atomic E-state index is -0.861. The highest BCUT2D eigenvalue weighted by molar-refractivity contribution is 5.97. The second kappa shape index (κ2) is 12.5. The number of piperazine rings is 1. The van der Waals surface area contributed by atoms with Gasteiger partial charge in [-0.25, -0.2) is 9.97 Å². The number of nitrogens with zero attached hydrogens (tertiary/aromatic N) is 5. The number of carbonyl (C=O) groups excluding carboxylic acids is 1. The number of nitrogens with one attached hydrogen (secondary N) is 2. The Hall–Kier alpha value is -3.73. The van der Waals surface area contributed by atoms with Crippen molar-refractivity contribution >= 4 is 28.9 Å². The molecule has 43 heavy (non-hydrogen) atoms. The number of aliphatic hydroxyl groups is 1. The quantitative estimate of drug-likeness (QED) is 0.312. The Labute approximate surface area is 254 Å². The summed E-state index contributed by atoms with van der Waals surface area (Å²) in [6.07, 6.45) is 4.81. The molecule has 1 aromatic heterocycles. The fraction of sp³-hybridized carbons (Fsp3) is 0.485. The summed E-state index contributed by atoms with van der Waals surface area (Å²) in [5.74, 6) is 0.130. The minimum Gasteiger partial charge on any atom is -0.388 e. The number of hydrogen-bond acceptors (Lipinski definition) is 9. The smallest absolute Gasteiger partial charge is 0.271 e. The van der Waals surface area contributed by atoms with Crippen molar-refractivity contribution in [2.24, 2.45) is 5.73 Å². The number of rotatable bonds is 8. The number of nitrogens with two attached hydrogens (primary N) is 1. The number of carbonyl (C=O) groups is 1. The standard InChI is InChI=1S/C33H44N8O2/c1-33(43)16-6-9-27(33)36-31-28(23-7-4-3-5-8-23)37-29(30(34)42)32(38-31)35-24-10-12-25(13-11-24)40-17-14-26(15-18-40)41-21-19-39(2)20-22-41/h3-5,7-8,10-13,26-27,43H,6,9,14-22H2,1-2H3,(H2,34,42)(H2,35,36,38). The predicted octanol–water partition coefficient (Wildman–Crippen LogP) is 3.92. The summed E-state index contributed by atoms with van der Waals surface area (Å²) in [6.45, 7) is 8.59. The van der Waals surface area contributed by atoms with Crippen LogP contribution >= 0.6 is 0 Å². The van der Waals surface area contributed by atoms with Crippen LogP contribution in [0.1, 0.15) is 49.5 Å². The lowest BCUT2D eigenvalue weighted by Gasteiger charge is -2.42. The van der Waals surface area contributed by atoms with Gasteiger partial charge in [0.05, 0.1) is 11.6 Å². The van der Waals surface area contributed by atoms with Gasteiger partial charge in [0.1, 0.15) is 5.69 Å². The van der Waals surface area contributed by atoms with Crippen molar-refractivity contribution in [1.29, 1.82) is 0 Å². The lowest BCUT2D eigenvalue weighted by molar-refractivity contribution is 0.0577. The van der Waals surface area contributed by atoms with Gasteiger partial charge >= 0.3 is 0 Å². The van der Waals surface area contributed by atoms with Gasteiger partial charge in [0, 0.05) is 62.2 Å². The molecule has 3 aromatic rings. The van der Waals surface area contributed by atoms with Crippen molar-refractivity contribution in [2.45, 2.75) is 56.7 Å². The second-order valence-corrected chi connectivity index (χ2v) is 12.5. The highest BCUT2D eigenvalue weighted by Gasteiger charge is 2.37. The van der Waals surface area contributed by atoms with Crippen LogP contribution in [-0.2, 0) is 0 Å². The van der Waals surface area contributed by atoms with Crippen LogP contribution in [0.3, 0.4) is 0 Å². The van der Waals surface area contributed by atoms with Crippen molar-refractivity contribution < 1.29 is 9.90 Å². The van der Waals surface area contributed by atoms with Crippen LogP contribution in [0.5, 0.6) is 0 Å². The lowest BCUT2D eigenvalue weighted by atomic mass is 10.0. The molecule has 0 radical (unpaired) electrons. The Morgan fingerprint density at radius 3 is 2.26 bits per heavy atom. The molecule has 2 aromatic carbocycles. The van der Waals surface area contributed by atoms with Gasteiger partial charge in [-0.2, -0.15) is 0 Å². The normalized spacial score (nSPS) is 23.8. The first-order valence-corrected chi connectivity index (χ1v) is 15.6. The molecule has 3 fully saturated rings. The van der Waals surface area contributed by atoms with Crippen molar-refractivity contribution in [3.63, 3.8) is 0 Å². The molecule has 2 saturated heterocycles. The zero-order valence-corrected chi connectivity index (χ0v) is 25.3. The Morgan fingerprint density at radius 1 is 0.930 bits per heavy atom. The summed E-state index contributed by atoms with van der Waals surface area (Å²) in [5, 5.41) is 17.7. The molecule has 1 amide bonds. The second-order valence-electron chi connectivity index (χ2n) is 12.5. The third-order valence-corrected chi connectivity index (χ3v) is 9.43. The summed E-state index contributed by atoms with van der Waals surface area (Å²) in [5.41, 5.74) is 8.33. The number of piperidine rings is 1. The van der Waals surface area contributed by atoms with Gasteiger partial charge < -0.3 is 31.3 Å². The fourth-order valence-electron chi connectivity index (χ4n) is 6.70. The molecule has 3 aliphatic rings. The van der Waals surface area contributed by atoms with Crippen LogP contribution in [0.2, 0.25) is 0 Å². The van der Waals surface area contributed by atoms with Gasteiger partial charge in [-0.05, 0) is 70.3 Å². The number of primary amides is 1. The van der Waals surface area contributed by atoms with E-state index in [0.717, 1.165) is 50.3 Å². The molecule has 0 bridgehead atoms. The van der Waals surface area contributed by atoms with E-state index in [-0.39, 0.29) is 17.6 Å². The molecule has 5 N–H and O–H groups in total. The number of aromatic nitrogens is 2. The summed E-state index contributed by atoms with van der Waals surface area (Å²) in [7, 11) is 2.21. The third-order valence-electron chi connectivity index (χ3n) is 9.43. The topological polar surface area (TPSA) is 123 Å². The molecule has 2 aliphatic heterocycles. The van der Waals surface area contributed by atoms with Crippen molar-refractivity contribution in [1.82, 2.24) is 19.8 Å². The van der Waals surface area contributed by atoms with E-state index in [9.17, 15) is 9.90 Å². The molecule has 228 valence electrons. The summed E-state index contributed by atoms with van der Waals surface area (Å²) in [6, 6.07) is 18.3. The van der Waals surface area contributed by atoms with Crippen molar-refractivity contribution in [3.8, 4) is 11.3 Å². The molecule has 0 spiro atoms. The van der Waals surface area contributed by atoms with E-state index in [2.05, 4.69) is 44.5 Å². The lowest BCUT2D eigenvalue weighted by Crippen LogP contribution is -2.52. The van der Waals surface area contributed by atoms with Gasteiger partial charge in [-0.3, -0.25) is 9.69 Å². The van der Waals surface area contributed by atoms with Crippen molar-refractivity contribution in [2.75, 3.05) is 61.8 Å². The Balaban J connectivity index is 1.20. The number of likely N-dealkylation sites (N-methyl/N-ethyl adjacent to an activating group) is 1. The van der Waals surface area contributed by atoms with E-state index in [1.165, 1.54) is 31.6 Å². The maximum absolute atomic E-state index is 12.6. The average molecular weight is 585 g/mol. The van der Waals surface area contributed by atoms with Crippen LogP contribution in [0.4, 0.5) is 23.0 Å². The Kier molecular flexibility index (Phi) is 8.52. The van der Waals surface area contributed by atoms with E-state index in [1.54, 1.807) is 0 Å². The predicted molar refractivity (Wildman–Crippen MR) is 172 cm³/mol. The summed E-state index contributed by atoms with van der Waals surface area (Å²) < 4.78 is 0. The first kappa shape index (κ1) is 29.3. The highest BCUT2D eigenvalue weighted by Crippen LogP contribution is 2.35. The monoisotopic (exact) mass is 584 g/mol. The van der Waals surface area contributed by atoms with Crippen molar-refractivity contribution in [3.05, 3.63) is 60.3 Å². The molecule has 10 nitrogen and oxygen atoms in total. The zero-order chi connectivity index (χ0) is 30.0. The van der Waals surface area contributed by atoms with Gasteiger partial charge in [0.2, 0.25) is 0 Å². The van der Waals surface area contributed by atoms with Gasteiger partial charge in [0.15, 0.2) is 17.3 Å². The number of hydrogen-bond donors (Lipinski definition) is 4. The SMILES string of the molecule is CN1CCN(C2CCN(c3ccc(Nc4nc(NC5CCCC5(C)O)c(-c5ccccc5)nc4C(N)=O)cc3)CC2)CC1. The fourth-order valence-corrected chi connectivity index (χ4v) is 6.70. The average Bonchev–Trinajstić information content (AvgIpc) is 3.35. The number of anilines is 4. The molecule has 10 heteroatoms. The van der Waals surface area contributed by atoms with Gasteiger partial charge in [-0.15, -0.1) is 0 Å². The van der Waals surface area contributed by atoms with Crippen LogP contribution < -0.4 is 21.3 Å². The summed E-state index contributed by atoms with van der Waals surface area (Å²) >= 11 is 0. The largest absolute Gasteiger partial charge is 0.388 e. The van der Waals surface area contributed by atoms with Crippen LogP contribution in [-0.4, -0.2) is 94.8 Å². The molecular formula is C33H44N8O2. The molecule has 1 aliphatic carbocycles. The molecule has 1 saturated carbocycles. The third kappa shape index (κ3) is 6.61. The Bertz CT molecular complexity index is 1400. The molecule has 2 atom stereocenters. The van der Waals surface area contributed by atoms with E-state index >= 15 is 0 Å². The maximum Gasteiger partial charge on any atom is 0.271 e. The van der Waals surface area contributed by atoms with Crippen LogP contribution in [0.15, 0.2) is 54.6 Å². The van der Waals surface area contributed by atoms with Gasteiger partial charge in [-0.1, -0.05) is 30.3 Å².